The Morgan fingerprint density at radius 3 is 2.82 bits per heavy atom. The molecule has 0 spiro atoms. The highest BCUT2D eigenvalue weighted by atomic mass is 35.5. The van der Waals surface area contributed by atoms with Gasteiger partial charge in [0.2, 0.25) is 0 Å². The van der Waals surface area contributed by atoms with Crippen LogP contribution < -0.4 is 4.74 Å². The van der Waals surface area contributed by atoms with E-state index in [1.165, 1.54) is 13.4 Å². The van der Waals surface area contributed by atoms with Crippen LogP contribution in [0.25, 0.3) is 0 Å². The SMILES string of the molecule is CCCC(Cl)Cc1ncnc(OC)c1[N+](=O)[O-]. The van der Waals surface area contributed by atoms with Gasteiger partial charge in [-0.05, 0) is 6.42 Å². The quantitative estimate of drug-likeness (QED) is 0.445. The molecule has 0 aliphatic heterocycles. The van der Waals surface area contributed by atoms with Gasteiger partial charge in [0.15, 0.2) is 0 Å². The Hall–Kier alpha value is -1.43. The lowest BCUT2D eigenvalue weighted by molar-refractivity contribution is -0.387. The minimum Gasteiger partial charge on any atom is -0.476 e. The van der Waals surface area contributed by atoms with Crippen LogP contribution in [0.1, 0.15) is 25.5 Å². The van der Waals surface area contributed by atoms with Gasteiger partial charge in [-0.3, -0.25) is 10.1 Å². The summed E-state index contributed by atoms with van der Waals surface area (Å²) in [6, 6.07) is 0. The number of alkyl halides is 1. The normalized spacial score (nSPS) is 12.2. The maximum absolute atomic E-state index is 10.9. The molecule has 6 nitrogen and oxygen atoms in total. The molecule has 0 saturated heterocycles. The van der Waals surface area contributed by atoms with E-state index in [-0.39, 0.29) is 16.9 Å². The molecule has 0 radical (unpaired) electrons. The van der Waals surface area contributed by atoms with Gasteiger partial charge in [0.05, 0.1) is 12.0 Å². The minimum atomic E-state index is -0.538. The van der Waals surface area contributed by atoms with Crippen molar-refractivity contribution in [2.24, 2.45) is 0 Å². The van der Waals surface area contributed by atoms with Crippen molar-refractivity contribution in [3.8, 4) is 5.88 Å². The van der Waals surface area contributed by atoms with Gasteiger partial charge in [-0.2, -0.15) is 4.98 Å². The van der Waals surface area contributed by atoms with Gasteiger partial charge in [0.1, 0.15) is 12.0 Å². The first kappa shape index (κ1) is 13.6. The first-order valence-corrected chi connectivity index (χ1v) is 5.70. The van der Waals surface area contributed by atoms with Crippen LogP contribution in [0.3, 0.4) is 0 Å². The van der Waals surface area contributed by atoms with Crippen LogP contribution in [-0.4, -0.2) is 27.4 Å². The second kappa shape index (κ2) is 6.34. The number of nitro groups is 1. The van der Waals surface area contributed by atoms with Gasteiger partial charge < -0.3 is 4.74 Å². The molecule has 94 valence electrons. The number of rotatable bonds is 6. The number of methoxy groups -OCH3 is 1. The highest BCUT2D eigenvalue weighted by Crippen LogP contribution is 2.28. The molecule has 0 aromatic carbocycles. The number of aromatic nitrogens is 2. The van der Waals surface area contributed by atoms with E-state index in [0.717, 1.165) is 12.8 Å². The van der Waals surface area contributed by atoms with E-state index in [2.05, 4.69) is 9.97 Å². The molecular formula is C10H14ClN3O3. The summed E-state index contributed by atoms with van der Waals surface area (Å²) < 4.78 is 4.85. The summed E-state index contributed by atoms with van der Waals surface area (Å²) in [5, 5.41) is 10.8. The van der Waals surface area contributed by atoms with Gasteiger partial charge in [0, 0.05) is 11.8 Å². The highest BCUT2D eigenvalue weighted by molar-refractivity contribution is 6.20. The lowest BCUT2D eigenvalue weighted by Crippen LogP contribution is -2.09. The predicted molar refractivity (Wildman–Crippen MR) is 63.5 cm³/mol. The molecule has 0 N–H and O–H groups in total. The van der Waals surface area contributed by atoms with Crippen molar-refractivity contribution in [2.45, 2.75) is 31.6 Å². The molecule has 0 amide bonds. The predicted octanol–water partition coefficient (Wildman–Crippen LogP) is 2.34. The smallest absolute Gasteiger partial charge is 0.352 e. The first-order chi connectivity index (χ1) is 8.10. The number of hydrogen-bond donors (Lipinski definition) is 0. The fourth-order valence-corrected chi connectivity index (χ4v) is 1.87. The van der Waals surface area contributed by atoms with Crippen molar-refractivity contribution in [3.05, 3.63) is 22.1 Å². The molecule has 1 atom stereocenters. The summed E-state index contributed by atoms with van der Waals surface area (Å²) in [6.07, 6.45) is 3.29. The van der Waals surface area contributed by atoms with E-state index in [4.69, 9.17) is 16.3 Å². The van der Waals surface area contributed by atoms with E-state index in [0.29, 0.717) is 12.1 Å². The number of halogens is 1. The van der Waals surface area contributed by atoms with E-state index < -0.39 is 4.92 Å². The van der Waals surface area contributed by atoms with E-state index in [9.17, 15) is 10.1 Å². The third-order valence-corrected chi connectivity index (χ3v) is 2.63. The molecule has 0 saturated carbocycles. The minimum absolute atomic E-state index is 0.0274. The van der Waals surface area contributed by atoms with Crippen LogP contribution in [0.4, 0.5) is 5.69 Å². The zero-order chi connectivity index (χ0) is 12.8. The van der Waals surface area contributed by atoms with E-state index >= 15 is 0 Å². The van der Waals surface area contributed by atoms with Crippen LogP contribution in [-0.2, 0) is 6.42 Å². The lowest BCUT2D eigenvalue weighted by atomic mass is 10.1. The van der Waals surface area contributed by atoms with Crippen LogP contribution in [0.15, 0.2) is 6.33 Å². The van der Waals surface area contributed by atoms with Crippen LogP contribution in [0, 0.1) is 10.1 Å². The molecule has 1 aromatic heterocycles. The molecule has 1 rings (SSSR count). The number of nitrogens with zero attached hydrogens (tertiary/aromatic N) is 3. The van der Waals surface area contributed by atoms with Crippen molar-refractivity contribution in [1.82, 2.24) is 9.97 Å². The van der Waals surface area contributed by atoms with Crippen molar-refractivity contribution < 1.29 is 9.66 Å². The summed E-state index contributed by atoms with van der Waals surface area (Å²) in [7, 11) is 1.34. The second-order valence-corrected chi connectivity index (χ2v) is 4.14. The largest absolute Gasteiger partial charge is 0.476 e. The van der Waals surface area contributed by atoms with E-state index in [1.807, 2.05) is 6.92 Å². The van der Waals surface area contributed by atoms with Gasteiger partial charge in [-0.25, -0.2) is 4.98 Å². The average Bonchev–Trinajstić information content (AvgIpc) is 2.28. The van der Waals surface area contributed by atoms with Gasteiger partial charge >= 0.3 is 5.69 Å². The molecule has 7 heteroatoms. The highest BCUT2D eigenvalue weighted by Gasteiger charge is 2.24. The van der Waals surface area contributed by atoms with Crippen molar-refractivity contribution in [2.75, 3.05) is 7.11 Å². The molecule has 1 unspecified atom stereocenters. The Labute approximate surface area is 104 Å². The monoisotopic (exact) mass is 259 g/mol. The fraction of sp³-hybridized carbons (Fsp3) is 0.600. The first-order valence-electron chi connectivity index (χ1n) is 5.26. The third-order valence-electron chi connectivity index (χ3n) is 2.26. The Morgan fingerprint density at radius 2 is 2.29 bits per heavy atom. The number of ether oxygens (including phenoxy) is 1. The van der Waals surface area contributed by atoms with Crippen molar-refractivity contribution in [3.63, 3.8) is 0 Å². The van der Waals surface area contributed by atoms with Gasteiger partial charge in [-0.15, -0.1) is 11.6 Å². The van der Waals surface area contributed by atoms with Crippen molar-refractivity contribution >= 4 is 17.3 Å². The zero-order valence-electron chi connectivity index (χ0n) is 9.72. The zero-order valence-corrected chi connectivity index (χ0v) is 10.5. The summed E-state index contributed by atoms with van der Waals surface area (Å²) >= 11 is 6.06. The molecule has 0 bridgehead atoms. The summed E-state index contributed by atoms with van der Waals surface area (Å²) in [4.78, 5) is 18.0. The average molecular weight is 260 g/mol. The summed E-state index contributed by atoms with van der Waals surface area (Å²) in [5.41, 5.74) is 0.118. The molecule has 1 aromatic rings. The van der Waals surface area contributed by atoms with E-state index in [1.54, 1.807) is 0 Å². The topological polar surface area (TPSA) is 78.2 Å². The van der Waals surface area contributed by atoms with Gasteiger partial charge in [0.25, 0.3) is 5.88 Å². The molecule has 0 aliphatic carbocycles. The van der Waals surface area contributed by atoms with Crippen LogP contribution in [0.2, 0.25) is 0 Å². The Kier molecular flexibility index (Phi) is 5.09. The molecule has 0 fully saturated rings. The van der Waals surface area contributed by atoms with Crippen LogP contribution in [0.5, 0.6) is 5.88 Å². The molecular weight excluding hydrogens is 246 g/mol. The Morgan fingerprint density at radius 1 is 1.59 bits per heavy atom. The lowest BCUT2D eigenvalue weighted by Gasteiger charge is -2.08. The summed E-state index contributed by atoms with van der Waals surface area (Å²) in [6.45, 7) is 2.00. The second-order valence-electron chi connectivity index (χ2n) is 3.53. The molecule has 17 heavy (non-hydrogen) atoms. The molecule has 1 heterocycles. The summed E-state index contributed by atoms with van der Waals surface area (Å²) in [5.74, 6) is -0.0274. The maximum atomic E-state index is 10.9. The maximum Gasteiger partial charge on any atom is 0.352 e. The Balaban J connectivity index is 3.02. The Bertz CT molecular complexity index is 400. The van der Waals surface area contributed by atoms with Crippen LogP contribution >= 0.6 is 11.6 Å². The number of hydrogen-bond acceptors (Lipinski definition) is 5. The fourth-order valence-electron chi connectivity index (χ4n) is 1.50. The van der Waals surface area contributed by atoms with Gasteiger partial charge in [-0.1, -0.05) is 13.3 Å². The molecule has 0 aliphatic rings. The van der Waals surface area contributed by atoms with Crippen molar-refractivity contribution in [1.29, 1.82) is 0 Å². The standard InChI is InChI=1S/C10H14ClN3O3/c1-3-4-7(11)5-8-9(14(15)16)10(17-2)13-6-12-8/h6-7H,3-5H2,1-2H3. The third kappa shape index (κ3) is 3.52.